The lowest BCUT2D eigenvalue weighted by atomic mass is 10.1. The predicted molar refractivity (Wildman–Crippen MR) is 104 cm³/mol. The molecule has 2 amide bonds. The number of nitrogens with zero attached hydrogens (tertiary/aromatic N) is 3. The number of imide groups is 1. The SMILES string of the molecule is O=C(ON1C(=O)c2ccccc2C1=O)c1cc(-c2ccco2)nn1-c1ccccc1. The van der Waals surface area contributed by atoms with Crippen molar-refractivity contribution in [3.8, 4) is 17.1 Å². The van der Waals surface area contributed by atoms with Crippen molar-refractivity contribution >= 4 is 17.8 Å². The average Bonchev–Trinajstić information content (AvgIpc) is 3.51. The summed E-state index contributed by atoms with van der Waals surface area (Å²) in [6, 6.07) is 20.1. The Labute approximate surface area is 169 Å². The van der Waals surface area contributed by atoms with E-state index in [2.05, 4.69) is 5.10 Å². The molecule has 0 unspecified atom stereocenters. The summed E-state index contributed by atoms with van der Waals surface area (Å²) in [5.41, 5.74) is 1.40. The van der Waals surface area contributed by atoms with Gasteiger partial charge in [0.25, 0.3) is 11.8 Å². The summed E-state index contributed by atoms with van der Waals surface area (Å²) in [4.78, 5) is 43.2. The van der Waals surface area contributed by atoms with Crippen LogP contribution in [0.15, 0.2) is 83.5 Å². The summed E-state index contributed by atoms with van der Waals surface area (Å²) in [5.74, 6) is -1.83. The molecule has 0 bridgehead atoms. The Kier molecular flexibility index (Phi) is 4.03. The van der Waals surface area contributed by atoms with E-state index in [0.29, 0.717) is 22.2 Å². The number of amides is 2. The molecule has 2 aromatic carbocycles. The van der Waals surface area contributed by atoms with Crippen molar-refractivity contribution in [2.24, 2.45) is 0 Å². The van der Waals surface area contributed by atoms with Crippen molar-refractivity contribution in [2.75, 3.05) is 0 Å². The van der Waals surface area contributed by atoms with Crippen LogP contribution in [0.2, 0.25) is 0 Å². The monoisotopic (exact) mass is 399 g/mol. The summed E-state index contributed by atoms with van der Waals surface area (Å²) in [7, 11) is 0. The highest BCUT2D eigenvalue weighted by Crippen LogP contribution is 2.26. The number of hydrogen-bond acceptors (Lipinski definition) is 6. The Morgan fingerprint density at radius 3 is 2.17 bits per heavy atom. The summed E-state index contributed by atoms with van der Waals surface area (Å²) in [6.07, 6.45) is 1.49. The molecule has 5 rings (SSSR count). The van der Waals surface area contributed by atoms with E-state index in [9.17, 15) is 14.4 Å². The molecule has 1 aliphatic heterocycles. The highest BCUT2D eigenvalue weighted by Gasteiger charge is 2.39. The van der Waals surface area contributed by atoms with Gasteiger partial charge < -0.3 is 9.25 Å². The lowest BCUT2D eigenvalue weighted by Gasteiger charge is -2.13. The maximum atomic E-state index is 13.0. The fourth-order valence-corrected chi connectivity index (χ4v) is 3.22. The van der Waals surface area contributed by atoms with E-state index in [1.165, 1.54) is 29.1 Å². The summed E-state index contributed by atoms with van der Waals surface area (Å²) in [5, 5.41) is 4.90. The quantitative estimate of drug-likeness (QED) is 0.488. The molecule has 0 N–H and O–H groups in total. The molecule has 0 radical (unpaired) electrons. The molecule has 0 spiro atoms. The van der Waals surface area contributed by atoms with E-state index in [4.69, 9.17) is 9.25 Å². The molecule has 1 aliphatic rings. The molecule has 0 saturated heterocycles. The molecule has 8 nitrogen and oxygen atoms in total. The van der Waals surface area contributed by atoms with Crippen LogP contribution in [0.25, 0.3) is 17.1 Å². The molecule has 30 heavy (non-hydrogen) atoms. The first-order valence-corrected chi connectivity index (χ1v) is 9.03. The molecule has 2 aromatic heterocycles. The Balaban J connectivity index is 1.52. The van der Waals surface area contributed by atoms with Gasteiger partial charge in [-0.1, -0.05) is 35.4 Å². The summed E-state index contributed by atoms with van der Waals surface area (Å²) in [6.45, 7) is 0. The standard InChI is InChI=1S/C22H13N3O5/c26-20-15-9-4-5-10-16(15)21(27)25(20)30-22(28)18-13-17(19-11-6-12-29-19)23-24(18)14-7-2-1-3-8-14/h1-13H. The van der Waals surface area contributed by atoms with Crippen LogP contribution in [0.5, 0.6) is 0 Å². The van der Waals surface area contributed by atoms with E-state index in [1.54, 1.807) is 48.5 Å². The molecular weight excluding hydrogens is 386 g/mol. The Hall–Kier alpha value is -4.46. The minimum absolute atomic E-state index is 0.0316. The van der Waals surface area contributed by atoms with Crippen molar-refractivity contribution in [1.29, 1.82) is 0 Å². The maximum Gasteiger partial charge on any atom is 0.382 e. The van der Waals surface area contributed by atoms with Crippen LogP contribution in [-0.4, -0.2) is 32.6 Å². The van der Waals surface area contributed by atoms with Crippen molar-refractivity contribution in [2.45, 2.75) is 0 Å². The Bertz CT molecular complexity index is 1240. The number of carbonyl (C=O) groups excluding carboxylic acids is 3. The molecule has 0 atom stereocenters. The lowest BCUT2D eigenvalue weighted by molar-refractivity contribution is -0.0590. The van der Waals surface area contributed by atoms with E-state index in [1.807, 2.05) is 6.07 Å². The molecule has 8 heteroatoms. The second-order valence-electron chi connectivity index (χ2n) is 6.47. The third-order valence-electron chi connectivity index (χ3n) is 4.62. The van der Waals surface area contributed by atoms with Crippen LogP contribution in [-0.2, 0) is 4.84 Å². The van der Waals surface area contributed by atoms with Gasteiger partial charge in [0.1, 0.15) is 5.69 Å². The number of para-hydroxylation sites is 1. The molecule has 0 saturated carbocycles. The highest BCUT2D eigenvalue weighted by atomic mass is 16.7. The lowest BCUT2D eigenvalue weighted by Crippen LogP contribution is -2.33. The van der Waals surface area contributed by atoms with Crippen LogP contribution >= 0.6 is 0 Å². The van der Waals surface area contributed by atoms with Crippen LogP contribution in [0.3, 0.4) is 0 Å². The van der Waals surface area contributed by atoms with Gasteiger partial charge >= 0.3 is 5.97 Å². The van der Waals surface area contributed by atoms with E-state index in [0.717, 1.165) is 0 Å². The summed E-state index contributed by atoms with van der Waals surface area (Å²) < 4.78 is 6.74. The molecule has 4 aromatic rings. The Morgan fingerprint density at radius 2 is 1.53 bits per heavy atom. The zero-order valence-corrected chi connectivity index (χ0v) is 15.4. The average molecular weight is 399 g/mol. The smallest absolute Gasteiger partial charge is 0.382 e. The van der Waals surface area contributed by atoms with E-state index < -0.39 is 17.8 Å². The van der Waals surface area contributed by atoms with Gasteiger partial charge in [-0.15, -0.1) is 0 Å². The molecule has 146 valence electrons. The first-order valence-electron chi connectivity index (χ1n) is 9.03. The van der Waals surface area contributed by atoms with Crippen molar-refractivity contribution in [1.82, 2.24) is 14.8 Å². The fourth-order valence-electron chi connectivity index (χ4n) is 3.22. The molecule has 3 heterocycles. The second kappa shape index (κ2) is 6.85. The minimum Gasteiger partial charge on any atom is -0.463 e. The van der Waals surface area contributed by atoms with Crippen molar-refractivity contribution < 1.29 is 23.6 Å². The van der Waals surface area contributed by atoms with Gasteiger partial charge in [0.05, 0.1) is 23.1 Å². The van der Waals surface area contributed by atoms with Gasteiger partial charge in [0.2, 0.25) is 0 Å². The third kappa shape index (κ3) is 2.78. The van der Waals surface area contributed by atoms with Crippen molar-refractivity contribution in [3.05, 3.63) is 95.9 Å². The van der Waals surface area contributed by atoms with Gasteiger partial charge in [-0.2, -0.15) is 5.10 Å². The van der Waals surface area contributed by atoms with Crippen LogP contribution in [0.4, 0.5) is 0 Å². The number of fused-ring (bicyclic) bond motifs is 1. The first kappa shape index (κ1) is 17.6. The van der Waals surface area contributed by atoms with Gasteiger partial charge in [0, 0.05) is 6.07 Å². The number of rotatable bonds is 4. The number of furan rings is 1. The maximum absolute atomic E-state index is 13.0. The first-order chi connectivity index (χ1) is 14.6. The van der Waals surface area contributed by atoms with Gasteiger partial charge in [-0.3, -0.25) is 9.59 Å². The van der Waals surface area contributed by atoms with Gasteiger partial charge in [-0.25, -0.2) is 9.48 Å². The minimum atomic E-state index is -0.904. The number of aromatic nitrogens is 2. The normalized spacial score (nSPS) is 12.9. The van der Waals surface area contributed by atoms with Crippen molar-refractivity contribution in [3.63, 3.8) is 0 Å². The molecule has 0 fully saturated rings. The topological polar surface area (TPSA) is 94.6 Å². The largest absolute Gasteiger partial charge is 0.463 e. The zero-order valence-electron chi connectivity index (χ0n) is 15.4. The van der Waals surface area contributed by atoms with Gasteiger partial charge in [0.15, 0.2) is 11.5 Å². The highest BCUT2D eigenvalue weighted by molar-refractivity contribution is 6.21. The molecule has 0 aliphatic carbocycles. The Morgan fingerprint density at radius 1 is 0.867 bits per heavy atom. The number of hydrogen-bond donors (Lipinski definition) is 0. The van der Waals surface area contributed by atoms with Crippen LogP contribution < -0.4 is 0 Å². The fraction of sp³-hybridized carbons (Fsp3) is 0. The number of carbonyl (C=O) groups is 3. The van der Waals surface area contributed by atoms with Crippen LogP contribution in [0, 0.1) is 0 Å². The number of hydroxylamine groups is 2. The second-order valence-corrected chi connectivity index (χ2v) is 6.47. The van der Waals surface area contributed by atoms with Gasteiger partial charge in [-0.05, 0) is 36.4 Å². The molecular formula is C22H13N3O5. The van der Waals surface area contributed by atoms with Crippen LogP contribution in [0.1, 0.15) is 31.2 Å². The van der Waals surface area contributed by atoms with E-state index >= 15 is 0 Å². The zero-order chi connectivity index (χ0) is 20.7. The third-order valence-corrected chi connectivity index (χ3v) is 4.62. The van der Waals surface area contributed by atoms with E-state index in [-0.39, 0.29) is 16.8 Å². The number of benzene rings is 2. The predicted octanol–water partition coefficient (Wildman–Crippen LogP) is 3.50. The summed E-state index contributed by atoms with van der Waals surface area (Å²) >= 11 is 0.